The molecule has 2 aliphatic rings. The lowest BCUT2D eigenvalue weighted by Gasteiger charge is -2.26. The second-order valence-electron chi connectivity index (χ2n) is 11.1. The minimum atomic E-state index is 0. The molecule has 0 aliphatic heterocycles. The van der Waals surface area contributed by atoms with Crippen LogP contribution < -0.4 is 5.73 Å². The topological polar surface area (TPSA) is 30.9 Å². The largest absolute Gasteiger partial charge is 0.347 e. The quantitative estimate of drug-likeness (QED) is 0.360. The molecule has 1 heterocycles. The number of aromatic nitrogens is 1. The SMILES string of the molecule is C.Cc1cccc(C(CCCC2CCC(N)CC2)c2cn(CC3CCCC3)c3ccccc23)c1. The normalized spacial score (nSPS) is 22.1. The molecule has 2 nitrogen and oxygen atoms in total. The summed E-state index contributed by atoms with van der Waals surface area (Å²) >= 11 is 0. The van der Waals surface area contributed by atoms with Gasteiger partial charge in [0, 0.05) is 35.6 Å². The van der Waals surface area contributed by atoms with E-state index in [4.69, 9.17) is 5.73 Å². The highest BCUT2D eigenvalue weighted by Gasteiger charge is 2.23. The van der Waals surface area contributed by atoms with E-state index in [0.29, 0.717) is 12.0 Å². The number of hydrogen-bond donors (Lipinski definition) is 1. The third kappa shape index (κ3) is 5.77. The van der Waals surface area contributed by atoms with Gasteiger partial charge in [0.25, 0.3) is 0 Å². The molecule has 34 heavy (non-hydrogen) atoms. The van der Waals surface area contributed by atoms with E-state index in [9.17, 15) is 0 Å². The Bertz CT molecular complexity index is 1030. The van der Waals surface area contributed by atoms with Crippen molar-refractivity contribution in [2.24, 2.45) is 17.6 Å². The summed E-state index contributed by atoms with van der Waals surface area (Å²) < 4.78 is 2.59. The molecule has 0 saturated heterocycles. The van der Waals surface area contributed by atoms with Gasteiger partial charge in [-0.3, -0.25) is 0 Å². The fourth-order valence-electron chi connectivity index (χ4n) is 6.65. The molecular weight excluding hydrogens is 412 g/mol. The van der Waals surface area contributed by atoms with Crippen molar-refractivity contribution < 1.29 is 0 Å². The van der Waals surface area contributed by atoms with Crippen LogP contribution in [0.5, 0.6) is 0 Å². The molecule has 3 aromatic rings. The van der Waals surface area contributed by atoms with E-state index in [1.807, 2.05) is 0 Å². The van der Waals surface area contributed by atoms with Gasteiger partial charge in [-0.05, 0) is 80.9 Å². The first-order chi connectivity index (χ1) is 16.2. The van der Waals surface area contributed by atoms with Crippen LogP contribution in [0.3, 0.4) is 0 Å². The number of hydrogen-bond acceptors (Lipinski definition) is 1. The Kier molecular flexibility index (Phi) is 8.53. The fraction of sp³-hybridized carbons (Fsp3) is 0.562. The minimum absolute atomic E-state index is 0. The number of aryl methyl sites for hydroxylation is 1. The monoisotopic (exact) mass is 458 g/mol. The maximum absolute atomic E-state index is 6.15. The molecule has 2 heteroatoms. The number of fused-ring (bicyclic) bond motifs is 1. The molecule has 2 saturated carbocycles. The summed E-state index contributed by atoms with van der Waals surface area (Å²) in [6.07, 6.45) is 17.1. The van der Waals surface area contributed by atoms with Crippen LogP contribution in [0.25, 0.3) is 10.9 Å². The van der Waals surface area contributed by atoms with E-state index in [0.717, 1.165) is 11.8 Å². The van der Waals surface area contributed by atoms with Crippen LogP contribution in [0, 0.1) is 18.8 Å². The Morgan fingerprint density at radius 1 is 0.912 bits per heavy atom. The summed E-state index contributed by atoms with van der Waals surface area (Å²) in [4.78, 5) is 0. The van der Waals surface area contributed by atoms with Gasteiger partial charge in [0.05, 0.1) is 0 Å². The first-order valence-corrected chi connectivity index (χ1v) is 13.6. The van der Waals surface area contributed by atoms with Crippen LogP contribution in [0.1, 0.15) is 101 Å². The molecule has 2 aromatic carbocycles. The molecule has 0 radical (unpaired) electrons. The van der Waals surface area contributed by atoms with E-state index in [2.05, 4.69) is 66.2 Å². The average Bonchev–Trinajstić information content (AvgIpc) is 3.47. The van der Waals surface area contributed by atoms with E-state index in [-0.39, 0.29) is 7.43 Å². The highest BCUT2D eigenvalue weighted by molar-refractivity contribution is 5.85. The van der Waals surface area contributed by atoms with Crippen molar-refractivity contribution in [2.45, 2.75) is 103 Å². The third-order valence-corrected chi connectivity index (χ3v) is 8.57. The van der Waals surface area contributed by atoms with Crippen molar-refractivity contribution in [2.75, 3.05) is 0 Å². The van der Waals surface area contributed by atoms with E-state index in [1.165, 1.54) is 99.2 Å². The van der Waals surface area contributed by atoms with Crippen LogP contribution in [-0.2, 0) is 6.54 Å². The standard InChI is InChI=1S/C31H42N2.CH4/c1-23-8-6-12-26(20-23)28(14-7-11-24-16-18-27(32)19-17-24)30-22-33(21-25-9-2-3-10-25)31-15-5-4-13-29(30)31;/h4-6,8,12-13,15,20,22,24-25,27-28H,2-3,7,9-11,14,16-19,21,32H2,1H3;1H4. The summed E-state index contributed by atoms with van der Waals surface area (Å²) in [6, 6.07) is 18.9. The summed E-state index contributed by atoms with van der Waals surface area (Å²) in [6.45, 7) is 3.42. The van der Waals surface area contributed by atoms with E-state index < -0.39 is 0 Å². The first-order valence-electron chi connectivity index (χ1n) is 13.6. The zero-order valence-corrected chi connectivity index (χ0v) is 20.5. The fourth-order valence-corrected chi connectivity index (χ4v) is 6.65. The molecule has 1 unspecified atom stereocenters. The van der Waals surface area contributed by atoms with Gasteiger partial charge in [-0.2, -0.15) is 0 Å². The number of rotatable bonds is 8. The van der Waals surface area contributed by atoms with Crippen LogP contribution in [0.4, 0.5) is 0 Å². The Hall–Kier alpha value is -2.06. The summed E-state index contributed by atoms with van der Waals surface area (Å²) in [5, 5.41) is 1.46. The van der Waals surface area contributed by atoms with Gasteiger partial charge in [0.15, 0.2) is 0 Å². The first kappa shape index (κ1) is 25.0. The molecule has 2 aliphatic carbocycles. The molecule has 0 amide bonds. The summed E-state index contributed by atoms with van der Waals surface area (Å²) in [7, 11) is 0. The van der Waals surface area contributed by atoms with Crippen molar-refractivity contribution in [1.82, 2.24) is 4.57 Å². The summed E-state index contributed by atoms with van der Waals surface area (Å²) in [5.74, 6) is 2.21. The highest BCUT2D eigenvalue weighted by atomic mass is 15.0. The lowest BCUT2D eigenvalue weighted by molar-refractivity contribution is 0.302. The Balaban J connectivity index is 0.00000274. The number of nitrogens with two attached hydrogens (primary N) is 1. The molecule has 2 fully saturated rings. The van der Waals surface area contributed by atoms with Gasteiger partial charge >= 0.3 is 0 Å². The van der Waals surface area contributed by atoms with Crippen molar-refractivity contribution in [3.8, 4) is 0 Å². The molecule has 184 valence electrons. The lowest BCUT2D eigenvalue weighted by Crippen LogP contribution is -2.26. The van der Waals surface area contributed by atoms with Gasteiger partial charge in [-0.1, -0.05) is 81.1 Å². The van der Waals surface area contributed by atoms with Gasteiger partial charge < -0.3 is 10.3 Å². The van der Waals surface area contributed by atoms with E-state index in [1.54, 1.807) is 5.56 Å². The predicted molar refractivity (Wildman–Crippen MR) is 147 cm³/mol. The predicted octanol–water partition coefficient (Wildman–Crippen LogP) is 8.60. The molecule has 5 rings (SSSR count). The van der Waals surface area contributed by atoms with E-state index >= 15 is 0 Å². The van der Waals surface area contributed by atoms with Gasteiger partial charge in [-0.25, -0.2) is 0 Å². The van der Waals surface area contributed by atoms with Crippen LogP contribution in [0.2, 0.25) is 0 Å². The van der Waals surface area contributed by atoms with Crippen molar-refractivity contribution in [3.63, 3.8) is 0 Å². The van der Waals surface area contributed by atoms with Crippen molar-refractivity contribution in [3.05, 3.63) is 71.4 Å². The molecular formula is C32H46N2. The molecule has 2 N–H and O–H groups in total. The zero-order chi connectivity index (χ0) is 22.6. The summed E-state index contributed by atoms with van der Waals surface area (Å²) in [5.41, 5.74) is 12.0. The lowest BCUT2D eigenvalue weighted by atomic mass is 9.81. The third-order valence-electron chi connectivity index (χ3n) is 8.57. The minimum Gasteiger partial charge on any atom is -0.347 e. The number of para-hydroxylation sites is 1. The van der Waals surface area contributed by atoms with Crippen molar-refractivity contribution >= 4 is 10.9 Å². The Labute approximate surface area is 207 Å². The smallest absolute Gasteiger partial charge is 0.0483 e. The zero-order valence-electron chi connectivity index (χ0n) is 20.5. The highest BCUT2D eigenvalue weighted by Crippen LogP contribution is 2.38. The molecule has 0 spiro atoms. The Morgan fingerprint density at radius 3 is 2.44 bits per heavy atom. The van der Waals surface area contributed by atoms with Gasteiger partial charge in [0.2, 0.25) is 0 Å². The van der Waals surface area contributed by atoms with Crippen LogP contribution in [-0.4, -0.2) is 10.6 Å². The molecule has 0 bridgehead atoms. The van der Waals surface area contributed by atoms with Crippen LogP contribution in [0.15, 0.2) is 54.7 Å². The number of nitrogens with zero attached hydrogens (tertiary/aromatic N) is 1. The number of benzene rings is 2. The van der Waals surface area contributed by atoms with Gasteiger partial charge in [0.1, 0.15) is 0 Å². The maximum atomic E-state index is 6.15. The average molecular weight is 459 g/mol. The molecule has 1 aromatic heterocycles. The van der Waals surface area contributed by atoms with Crippen molar-refractivity contribution in [1.29, 1.82) is 0 Å². The second-order valence-corrected chi connectivity index (χ2v) is 11.1. The Morgan fingerprint density at radius 2 is 1.68 bits per heavy atom. The maximum Gasteiger partial charge on any atom is 0.0483 e. The molecule has 1 atom stereocenters. The van der Waals surface area contributed by atoms with Crippen LogP contribution >= 0.6 is 0 Å². The van der Waals surface area contributed by atoms with Gasteiger partial charge in [-0.15, -0.1) is 0 Å². The second kappa shape index (κ2) is 11.6.